The Morgan fingerprint density at radius 2 is 1.25 bits per heavy atom. The molecule has 0 fully saturated rings. The molecule has 0 heterocycles. The van der Waals surface area contributed by atoms with Crippen molar-refractivity contribution in [3.63, 3.8) is 0 Å². The molecule has 16 heavy (non-hydrogen) atoms. The minimum atomic E-state index is 0.307. The van der Waals surface area contributed by atoms with Gasteiger partial charge in [-0.25, -0.2) is 0 Å². The van der Waals surface area contributed by atoms with Crippen LogP contribution < -0.4 is 0 Å². The summed E-state index contributed by atoms with van der Waals surface area (Å²) in [5, 5.41) is 8.64. The van der Waals surface area contributed by atoms with Crippen molar-refractivity contribution in [1.29, 1.82) is 0 Å². The Morgan fingerprint density at radius 1 is 0.812 bits per heavy atom. The van der Waals surface area contributed by atoms with Gasteiger partial charge in [-0.1, -0.05) is 32.1 Å². The van der Waals surface area contributed by atoms with Gasteiger partial charge in [0.05, 0.1) is 0 Å². The van der Waals surface area contributed by atoms with Crippen LogP contribution in [0.5, 0.6) is 0 Å². The van der Waals surface area contributed by atoms with Crippen LogP contribution in [0.15, 0.2) is 0 Å². The summed E-state index contributed by atoms with van der Waals surface area (Å²) in [6.45, 7) is 8.36. The highest BCUT2D eigenvalue weighted by molar-refractivity contribution is 4.72. The van der Waals surface area contributed by atoms with E-state index in [4.69, 9.17) is 5.11 Å². The first-order valence-corrected chi connectivity index (χ1v) is 6.80. The molecule has 0 saturated heterocycles. The van der Waals surface area contributed by atoms with E-state index in [1.807, 2.05) is 0 Å². The third kappa shape index (κ3) is 9.17. The number of aliphatic hydroxyl groups excluding tert-OH is 1. The second-order valence-corrected chi connectivity index (χ2v) is 5.79. The summed E-state index contributed by atoms with van der Waals surface area (Å²) in [5.41, 5.74) is 0.307. The molecular formula is C14H31NO. The van der Waals surface area contributed by atoms with E-state index in [9.17, 15) is 0 Å². The summed E-state index contributed by atoms with van der Waals surface area (Å²) in [6, 6.07) is 0. The minimum absolute atomic E-state index is 0.307. The number of unbranched alkanes of at least 4 members (excludes halogenated alkanes) is 6. The van der Waals surface area contributed by atoms with Crippen molar-refractivity contribution in [2.24, 2.45) is 0 Å². The Hall–Kier alpha value is -0.0800. The van der Waals surface area contributed by atoms with Crippen molar-refractivity contribution >= 4 is 0 Å². The van der Waals surface area contributed by atoms with Gasteiger partial charge in [0, 0.05) is 12.1 Å². The van der Waals surface area contributed by atoms with Crippen molar-refractivity contribution in [3.8, 4) is 0 Å². The standard InChI is InChI=1S/C14H31NO/c1-14(2,3)15(4)12-10-8-6-5-7-9-11-13-16/h16H,5-13H2,1-4H3. The minimum Gasteiger partial charge on any atom is -0.396 e. The highest BCUT2D eigenvalue weighted by atomic mass is 16.2. The smallest absolute Gasteiger partial charge is 0.0431 e. The molecule has 0 aromatic heterocycles. The molecule has 0 amide bonds. The predicted octanol–water partition coefficient (Wildman–Crippen LogP) is 3.44. The maximum Gasteiger partial charge on any atom is 0.0431 e. The predicted molar refractivity (Wildman–Crippen MR) is 71.8 cm³/mol. The van der Waals surface area contributed by atoms with Crippen molar-refractivity contribution in [2.45, 2.75) is 71.3 Å². The zero-order chi connectivity index (χ0) is 12.4. The molecule has 0 aliphatic rings. The summed E-state index contributed by atoms with van der Waals surface area (Å²) < 4.78 is 0. The maximum absolute atomic E-state index is 8.64. The van der Waals surface area contributed by atoms with E-state index in [-0.39, 0.29) is 0 Å². The SMILES string of the molecule is CN(CCCCCCCCCO)C(C)(C)C. The highest BCUT2D eigenvalue weighted by Crippen LogP contribution is 2.12. The average molecular weight is 229 g/mol. The number of aliphatic hydroxyl groups is 1. The van der Waals surface area contributed by atoms with E-state index >= 15 is 0 Å². The normalized spacial score (nSPS) is 12.4. The molecule has 0 aromatic rings. The zero-order valence-electron chi connectivity index (χ0n) is 11.8. The van der Waals surface area contributed by atoms with E-state index in [1.165, 1.54) is 45.1 Å². The molecule has 1 N–H and O–H groups in total. The van der Waals surface area contributed by atoms with Crippen LogP contribution in [0.1, 0.15) is 65.7 Å². The molecule has 0 saturated carbocycles. The van der Waals surface area contributed by atoms with Gasteiger partial charge in [-0.2, -0.15) is 0 Å². The van der Waals surface area contributed by atoms with Crippen LogP contribution >= 0.6 is 0 Å². The quantitative estimate of drug-likeness (QED) is 0.612. The van der Waals surface area contributed by atoms with Gasteiger partial charge in [0.25, 0.3) is 0 Å². The second kappa shape index (κ2) is 9.00. The van der Waals surface area contributed by atoms with Crippen LogP contribution in [0.2, 0.25) is 0 Å². The Balaban J connectivity index is 3.21. The van der Waals surface area contributed by atoms with Gasteiger partial charge in [0.15, 0.2) is 0 Å². The largest absolute Gasteiger partial charge is 0.396 e. The van der Waals surface area contributed by atoms with E-state index in [0.29, 0.717) is 12.1 Å². The molecule has 0 rings (SSSR count). The van der Waals surface area contributed by atoms with Crippen LogP contribution in [-0.2, 0) is 0 Å². The topological polar surface area (TPSA) is 23.5 Å². The Morgan fingerprint density at radius 3 is 1.69 bits per heavy atom. The maximum atomic E-state index is 8.64. The summed E-state index contributed by atoms with van der Waals surface area (Å²) in [4.78, 5) is 2.43. The summed E-state index contributed by atoms with van der Waals surface area (Å²) >= 11 is 0. The number of hydrogen-bond donors (Lipinski definition) is 1. The van der Waals surface area contributed by atoms with Crippen LogP contribution in [0.25, 0.3) is 0 Å². The van der Waals surface area contributed by atoms with Crippen molar-refractivity contribution in [3.05, 3.63) is 0 Å². The van der Waals surface area contributed by atoms with E-state index < -0.39 is 0 Å². The van der Waals surface area contributed by atoms with E-state index in [1.54, 1.807) is 0 Å². The van der Waals surface area contributed by atoms with Gasteiger partial charge in [0.2, 0.25) is 0 Å². The molecule has 0 bridgehead atoms. The van der Waals surface area contributed by atoms with Crippen LogP contribution in [0.3, 0.4) is 0 Å². The van der Waals surface area contributed by atoms with E-state index in [2.05, 4.69) is 32.7 Å². The number of rotatable bonds is 9. The van der Waals surface area contributed by atoms with E-state index in [0.717, 1.165) is 6.42 Å². The van der Waals surface area contributed by atoms with Gasteiger partial charge in [0.1, 0.15) is 0 Å². The molecule has 0 aliphatic heterocycles. The number of nitrogens with zero attached hydrogens (tertiary/aromatic N) is 1. The highest BCUT2D eigenvalue weighted by Gasteiger charge is 2.15. The molecule has 98 valence electrons. The molecular weight excluding hydrogens is 198 g/mol. The fourth-order valence-electron chi connectivity index (χ4n) is 1.68. The first-order valence-electron chi connectivity index (χ1n) is 6.80. The van der Waals surface area contributed by atoms with Crippen molar-refractivity contribution < 1.29 is 5.11 Å². The third-order valence-electron chi connectivity index (χ3n) is 3.30. The molecule has 0 atom stereocenters. The lowest BCUT2D eigenvalue weighted by Gasteiger charge is -2.31. The fourth-order valence-corrected chi connectivity index (χ4v) is 1.68. The lowest BCUT2D eigenvalue weighted by molar-refractivity contribution is 0.172. The second-order valence-electron chi connectivity index (χ2n) is 5.79. The van der Waals surface area contributed by atoms with Crippen molar-refractivity contribution in [1.82, 2.24) is 4.90 Å². The third-order valence-corrected chi connectivity index (χ3v) is 3.30. The molecule has 0 aliphatic carbocycles. The first kappa shape index (κ1) is 15.9. The lowest BCUT2D eigenvalue weighted by Crippen LogP contribution is -2.38. The van der Waals surface area contributed by atoms with Gasteiger partial charge < -0.3 is 10.0 Å². The van der Waals surface area contributed by atoms with Crippen LogP contribution in [0, 0.1) is 0 Å². The molecule has 0 spiro atoms. The first-order chi connectivity index (χ1) is 7.48. The molecule has 0 aromatic carbocycles. The van der Waals surface area contributed by atoms with Gasteiger partial charge in [-0.3, -0.25) is 0 Å². The van der Waals surface area contributed by atoms with Crippen LogP contribution in [0.4, 0.5) is 0 Å². The zero-order valence-corrected chi connectivity index (χ0v) is 11.8. The monoisotopic (exact) mass is 229 g/mol. The molecule has 0 unspecified atom stereocenters. The molecule has 2 heteroatoms. The molecule has 0 radical (unpaired) electrons. The Labute approximate surface area is 102 Å². The summed E-state index contributed by atoms with van der Waals surface area (Å²) in [6.07, 6.45) is 8.80. The number of hydrogen-bond acceptors (Lipinski definition) is 2. The van der Waals surface area contributed by atoms with Crippen molar-refractivity contribution in [2.75, 3.05) is 20.2 Å². The van der Waals surface area contributed by atoms with Crippen LogP contribution in [-0.4, -0.2) is 35.7 Å². The van der Waals surface area contributed by atoms with Gasteiger partial charge in [-0.15, -0.1) is 0 Å². The Kier molecular flexibility index (Phi) is 8.96. The Bertz CT molecular complexity index is 151. The lowest BCUT2D eigenvalue weighted by atomic mass is 10.1. The summed E-state index contributed by atoms with van der Waals surface area (Å²) in [5.74, 6) is 0. The fraction of sp³-hybridized carbons (Fsp3) is 1.00. The summed E-state index contributed by atoms with van der Waals surface area (Å²) in [7, 11) is 2.21. The molecule has 2 nitrogen and oxygen atoms in total. The van der Waals surface area contributed by atoms with Gasteiger partial charge in [-0.05, 0) is 47.2 Å². The average Bonchev–Trinajstić information content (AvgIpc) is 2.20. The van der Waals surface area contributed by atoms with Gasteiger partial charge >= 0.3 is 0 Å².